The Morgan fingerprint density at radius 1 is 0.625 bits per heavy atom. The van der Waals surface area contributed by atoms with Crippen molar-refractivity contribution in [2.75, 3.05) is 24.9 Å². The third-order valence-electron chi connectivity index (χ3n) is 5.11. The minimum Gasteiger partial charge on any atom is -0.495 e. The lowest BCUT2D eigenvalue weighted by Gasteiger charge is -2.15. The van der Waals surface area contributed by atoms with Gasteiger partial charge in [-0.2, -0.15) is 0 Å². The van der Waals surface area contributed by atoms with E-state index in [1.807, 2.05) is 42.5 Å². The summed E-state index contributed by atoms with van der Waals surface area (Å²) in [5, 5.41) is 7.27. The van der Waals surface area contributed by atoms with Crippen molar-refractivity contribution in [3.05, 3.63) is 96.1 Å². The zero-order valence-electron chi connectivity index (χ0n) is 17.7. The molecule has 0 atom stereocenters. The monoisotopic (exact) mass is 426 g/mol. The summed E-state index contributed by atoms with van der Waals surface area (Å²) < 4.78 is 10.7. The number of hydrogen-bond acceptors (Lipinski definition) is 4. The van der Waals surface area contributed by atoms with Crippen LogP contribution in [-0.4, -0.2) is 26.0 Å². The third kappa shape index (κ3) is 4.11. The maximum atomic E-state index is 13.4. The highest BCUT2D eigenvalue weighted by Crippen LogP contribution is 2.29. The van der Waals surface area contributed by atoms with Crippen LogP contribution in [-0.2, 0) is 0 Å². The number of benzene rings is 4. The molecule has 2 N–H and O–H groups in total. The van der Waals surface area contributed by atoms with E-state index in [-0.39, 0.29) is 11.1 Å². The first kappa shape index (κ1) is 20.9. The van der Waals surface area contributed by atoms with Crippen molar-refractivity contribution < 1.29 is 19.1 Å². The Labute approximate surface area is 185 Å². The van der Waals surface area contributed by atoms with Gasteiger partial charge >= 0.3 is 0 Å². The van der Waals surface area contributed by atoms with E-state index >= 15 is 0 Å². The van der Waals surface area contributed by atoms with E-state index in [1.165, 1.54) is 14.2 Å². The van der Waals surface area contributed by atoms with Crippen LogP contribution in [0.4, 0.5) is 11.4 Å². The van der Waals surface area contributed by atoms with E-state index < -0.39 is 11.8 Å². The van der Waals surface area contributed by atoms with E-state index in [1.54, 1.807) is 42.5 Å². The number of fused-ring (bicyclic) bond motifs is 1. The highest BCUT2D eigenvalue weighted by atomic mass is 16.5. The second kappa shape index (κ2) is 9.22. The molecular formula is C26H22N2O4. The summed E-state index contributed by atoms with van der Waals surface area (Å²) in [7, 11) is 3.07. The molecule has 160 valence electrons. The quantitative estimate of drug-likeness (QED) is 0.435. The Morgan fingerprint density at radius 3 is 1.78 bits per heavy atom. The number of methoxy groups -OCH3 is 2. The van der Waals surface area contributed by atoms with Gasteiger partial charge in [0.1, 0.15) is 11.5 Å². The Bertz CT molecular complexity index is 1300. The predicted octanol–water partition coefficient (Wildman–Crippen LogP) is 5.36. The van der Waals surface area contributed by atoms with E-state index in [4.69, 9.17) is 9.47 Å². The minimum atomic E-state index is -0.412. The van der Waals surface area contributed by atoms with Gasteiger partial charge in [-0.05, 0) is 41.1 Å². The van der Waals surface area contributed by atoms with Gasteiger partial charge in [0, 0.05) is 0 Å². The molecule has 4 rings (SSSR count). The van der Waals surface area contributed by atoms with Gasteiger partial charge in [-0.3, -0.25) is 9.59 Å². The van der Waals surface area contributed by atoms with Crippen molar-refractivity contribution in [1.29, 1.82) is 0 Å². The lowest BCUT2D eigenvalue weighted by atomic mass is 9.97. The molecule has 0 radical (unpaired) electrons. The Kier molecular flexibility index (Phi) is 6.03. The van der Waals surface area contributed by atoms with Crippen molar-refractivity contribution in [3.8, 4) is 11.5 Å². The van der Waals surface area contributed by atoms with Crippen LogP contribution in [0, 0.1) is 0 Å². The number of ether oxygens (including phenoxy) is 2. The number of para-hydroxylation sites is 4. The second-order valence-electron chi connectivity index (χ2n) is 7.02. The van der Waals surface area contributed by atoms with Gasteiger partial charge in [0.2, 0.25) is 0 Å². The van der Waals surface area contributed by atoms with Gasteiger partial charge in [0.05, 0.1) is 36.7 Å². The third-order valence-corrected chi connectivity index (χ3v) is 5.11. The van der Waals surface area contributed by atoms with E-state index in [0.29, 0.717) is 28.3 Å². The molecule has 4 aromatic carbocycles. The zero-order chi connectivity index (χ0) is 22.5. The first-order valence-electron chi connectivity index (χ1n) is 10.0. The number of rotatable bonds is 6. The summed E-state index contributed by atoms with van der Waals surface area (Å²) in [5.41, 5.74) is 1.57. The fourth-order valence-corrected chi connectivity index (χ4v) is 3.58. The van der Waals surface area contributed by atoms with Crippen LogP contribution in [0.25, 0.3) is 10.8 Å². The van der Waals surface area contributed by atoms with Gasteiger partial charge in [-0.1, -0.05) is 54.6 Å². The summed E-state index contributed by atoms with van der Waals surface area (Å²) in [6.45, 7) is 0. The molecule has 0 unspecified atom stereocenters. The van der Waals surface area contributed by atoms with Gasteiger partial charge in [0.15, 0.2) is 0 Å². The van der Waals surface area contributed by atoms with Crippen LogP contribution in [0.15, 0.2) is 84.9 Å². The van der Waals surface area contributed by atoms with E-state index in [0.717, 1.165) is 5.39 Å². The van der Waals surface area contributed by atoms with Crippen molar-refractivity contribution in [3.63, 3.8) is 0 Å². The highest BCUT2D eigenvalue weighted by Gasteiger charge is 2.22. The lowest BCUT2D eigenvalue weighted by molar-refractivity contribution is 0.0991. The number of nitrogens with one attached hydrogen (secondary N) is 2. The molecule has 0 aromatic heterocycles. The van der Waals surface area contributed by atoms with Gasteiger partial charge in [0.25, 0.3) is 11.8 Å². The molecule has 0 bridgehead atoms. The summed E-state index contributed by atoms with van der Waals surface area (Å²) in [4.78, 5) is 26.7. The first-order chi connectivity index (χ1) is 15.6. The number of hydrogen-bond donors (Lipinski definition) is 2. The lowest BCUT2D eigenvalue weighted by Crippen LogP contribution is -2.21. The van der Waals surface area contributed by atoms with Crippen LogP contribution in [0.3, 0.4) is 0 Å². The Hall–Kier alpha value is -4.32. The van der Waals surface area contributed by atoms with Crippen molar-refractivity contribution in [2.24, 2.45) is 0 Å². The second-order valence-corrected chi connectivity index (χ2v) is 7.02. The molecule has 4 aromatic rings. The van der Waals surface area contributed by atoms with Gasteiger partial charge in [-0.25, -0.2) is 0 Å². The first-order valence-corrected chi connectivity index (χ1v) is 10.0. The maximum Gasteiger partial charge on any atom is 0.257 e. The number of anilines is 2. The topological polar surface area (TPSA) is 76.7 Å². The van der Waals surface area contributed by atoms with Crippen LogP contribution in [0.1, 0.15) is 20.7 Å². The molecule has 2 amide bonds. The average molecular weight is 426 g/mol. The molecule has 0 saturated heterocycles. The van der Waals surface area contributed by atoms with Crippen LogP contribution >= 0.6 is 0 Å². The molecule has 6 heteroatoms. The minimum absolute atomic E-state index is 0.252. The number of carbonyl (C=O) groups excluding carboxylic acids is 2. The Balaban J connectivity index is 1.77. The molecule has 0 spiro atoms. The van der Waals surface area contributed by atoms with Gasteiger partial charge in [-0.15, -0.1) is 0 Å². The van der Waals surface area contributed by atoms with Crippen LogP contribution < -0.4 is 20.1 Å². The number of amides is 2. The fourth-order valence-electron chi connectivity index (χ4n) is 3.58. The summed E-state index contributed by atoms with van der Waals surface area (Å²) in [6, 6.07) is 25.2. The van der Waals surface area contributed by atoms with Crippen LogP contribution in [0.5, 0.6) is 11.5 Å². The standard InChI is InChI=1S/C26H22N2O4/c1-31-22-13-7-5-11-20(22)27-25(29)19-16-15-17-9-3-4-10-18(17)24(19)26(30)28-21-12-6-8-14-23(21)32-2/h3-16H,1-2H3,(H,27,29)(H,28,30). The number of carbonyl (C=O) groups is 2. The van der Waals surface area contributed by atoms with E-state index in [9.17, 15) is 9.59 Å². The molecular weight excluding hydrogens is 404 g/mol. The van der Waals surface area contributed by atoms with Crippen molar-refractivity contribution >= 4 is 34.0 Å². The molecule has 0 saturated carbocycles. The maximum absolute atomic E-state index is 13.4. The summed E-state index contributed by atoms with van der Waals surface area (Å²) in [6.07, 6.45) is 0. The van der Waals surface area contributed by atoms with Crippen LogP contribution in [0.2, 0.25) is 0 Å². The summed E-state index contributed by atoms with van der Waals surface area (Å²) >= 11 is 0. The zero-order valence-corrected chi connectivity index (χ0v) is 17.7. The normalized spacial score (nSPS) is 10.4. The average Bonchev–Trinajstić information content (AvgIpc) is 2.83. The molecule has 32 heavy (non-hydrogen) atoms. The predicted molar refractivity (Wildman–Crippen MR) is 126 cm³/mol. The Morgan fingerprint density at radius 2 is 1.16 bits per heavy atom. The molecule has 6 nitrogen and oxygen atoms in total. The fraction of sp³-hybridized carbons (Fsp3) is 0.0769. The smallest absolute Gasteiger partial charge is 0.257 e. The van der Waals surface area contributed by atoms with Gasteiger partial charge < -0.3 is 20.1 Å². The molecule has 0 aliphatic carbocycles. The molecule has 0 fully saturated rings. The summed E-state index contributed by atoms with van der Waals surface area (Å²) in [5.74, 6) is 0.240. The molecule has 0 aliphatic heterocycles. The SMILES string of the molecule is COc1ccccc1NC(=O)c1ccc2ccccc2c1C(=O)Nc1ccccc1OC. The molecule has 0 heterocycles. The van der Waals surface area contributed by atoms with E-state index in [2.05, 4.69) is 10.6 Å². The molecule has 0 aliphatic rings. The largest absolute Gasteiger partial charge is 0.495 e. The van der Waals surface area contributed by atoms with Crippen molar-refractivity contribution in [2.45, 2.75) is 0 Å². The van der Waals surface area contributed by atoms with Crippen molar-refractivity contribution in [1.82, 2.24) is 0 Å². The highest BCUT2D eigenvalue weighted by molar-refractivity contribution is 6.21.